The second-order valence-corrected chi connectivity index (χ2v) is 4.53. The SMILES string of the molecule is CC1=CC(=O)NC2=CC(=NC(=O)c3ccno3)C=CC12. The Hall–Kier alpha value is -2.76. The van der Waals surface area contributed by atoms with Crippen LogP contribution in [0.15, 0.2) is 57.4 Å². The van der Waals surface area contributed by atoms with E-state index in [1.165, 1.54) is 12.3 Å². The fourth-order valence-electron chi connectivity index (χ4n) is 2.15. The van der Waals surface area contributed by atoms with Gasteiger partial charge >= 0.3 is 5.91 Å². The Morgan fingerprint density at radius 3 is 3.05 bits per heavy atom. The zero-order chi connectivity index (χ0) is 14.1. The van der Waals surface area contributed by atoms with Crippen molar-refractivity contribution >= 4 is 17.5 Å². The highest BCUT2D eigenvalue weighted by Crippen LogP contribution is 2.26. The highest BCUT2D eigenvalue weighted by molar-refractivity contribution is 6.13. The molecule has 1 aliphatic carbocycles. The lowest BCUT2D eigenvalue weighted by molar-refractivity contribution is -0.116. The van der Waals surface area contributed by atoms with Gasteiger partial charge in [-0.15, -0.1) is 0 Å². The molecule has 1 aromatic heterocycles. The molecule has 20 heavy (non-hydrogen) atoms. The minimum absolute atomic E-state index is 0.0343. The van der Waals surface area contributed by atoms with Gasteiger partial charge in [0.25, 0.3) is 0 Å². The van der Waals surface area contributed by atoms with Crippen LogP contribution in [0.25, 0.3) is 0 Å². The maximum absolute atomic E-state index is 11.8. The lowest BCUT2D eigenvalue weighted by Crippen LogP contribution is -2.32. The van der Waals surface area contributed by atoms with Crippen LogP contribution in [0.3, 0.4) is 0 Å². The molecule has 0 fully saturated rings. The van der Waals surface area contributed by atoms with Crippen LogP contribution in [0.4, 0.5) is 0 Å². The lowest BCUT2D eigenvalue weighted by Gasteiger charge is -2.25. The van der Waals surface area contributed by atoms with Gasteiger partial charge in [0.05, 0.1) is 11.9 Å². The summed E-state index contributed by atoms with van der Waals surface area (Å²) in [5.41, 5.74) is 2.14. The molecule has 0 aromatic carbocycles. The fraction of sp³-hybridized carbons (Fsp3) is 0.143. The van der Waals surface area contributed by atoms with E-state index in [0.717, 1.165) is 11.3 Å². The molecule has 0 spiro atoms. The topological polar surface area (TPSA) is 84.6 Å². The summed E-state index contributed by atoms with van der Waals surface area (Å²) in [5.74, 6) is -0.560. The highest BCUT2D eigenvalue weighted by Gasteiger charge is 2.24. The third-order valence-corrected chi connectivity index (χ3v) is 3.09. The predicted molar refractivity (Wildman–Crippen MR) is 70.9 cm³/mol. The van der Waals surface area contributed by atoms with E-state index in [1.54, 1.807) is 18.2 Å². The highest BCUT2D eigenvalue weighted by atomic mass is 16.5. The van der Waals surface area contributed by atoms with Gasteiger partial charge in [0.2, 0.25) is 11.7 Å². The van der Waals surface area contributed by atoms with Crippen molar-refractivity contribution in [1.82, 2.24) is 10.5 Å². The second kappa shape index (κ2) is 4.73. The number of aromatic nitrogens is 1. The first-order chi connectivity index (χ1) is 9.63. The maximum Gasteiger partial charge on any atom is 0.316 e. The lowest BCUT2D eigenvalue weighted by atomic mass is 9.89. The average Bonchev–Trinajstić information content (AvgIpc) is 2.91. The first-order valence-electron chi connectivity index (χ1n) is 6.06. The van der Waals surface area contributed by atoms with E-state index in [2.05, 4.69) is 15.5 Å². The summed E-state index contributed by atoms with van der Waals surface area (Å²) >= 11 is 0. The van der Waals surface area contributed by atoms with E-state index in [9.17, 15) is 9.59 Å². The van der Waals surface area contributed by atoms with E-state index in [1.807, 2.05) is 13.0 Å². The van der Waals surface area contributed by atoms with Crippen LogP contribution in [-0.4, -0.2) is 22.7 Å². The van der Waals surface area contributed by atoms with E-state index in [0.29, 0.717) is 5.71 Å². The van der Waals surface area contributed by atoms with Crippen LogP contribution < -0.4 is 5.32 Å². The van der Waals surface area contributed by atoms with Crippen LogP contribution >= 0.6 is 0 Å². The van der Waals surface area contributed by atoms with E-state index >= 15 is 0 Å². The minimum atomic E-state index is -0.508. The number of hydrogen-bond donors (Lipinski definition) is 1. The van der Waals surface area contributed by atoms with Gasteiger partial charge in [-0.3, -0.25) is 9.59 Å². The van der Waals surface area contributed by atoms with Crippen LogP contribution in [0.1, 0.15) is 17.5 Å². The molecule has 0 saturated heterocycles. The Labute approximate surface area is 114 Å². The monoisotopic (exact) mass is 269 g/mol. The molecule has 2 heterocycles. The number of hydrogen-bond acceptors (Lipinski definition) is 4. The molecule has 0 radical (unpaired) electrons. The van der Waals surface area contributed by atoms with Gasteiger partial charge in [-0.05, 0) is 19.1 Å². The Morgan fingerprint density at radius 2 is 2.30 bits per heavy atom. The molecule has 6 nitrogen and oxygen atoms in total. The summed E-state index contributed by atoms with van der Waals surface area (Å²) in [6.07, 6.45) is 8.28. The quantitative estimate of drug-likeness (QED) is 0.835. The molecular formula is C14H11N3O3. The number of nitrogens with zero attached hydrogens (tertiary/aromatic N) is 2. The van der Waals surface area contributed by atoms with Gasteiger partial charge < -0.3 is 9.84 Å². The van der Waals surface area contributed by atoms with Gasteiger partial charge in [-0.1, -0.05) is 16.8 Å². The van der Waals surface area contributed by atoms with Gasteiger partial charge in [0.1, 0.15) is 0 Å². The van der Waals surface area contributed by atoms with Crippen molar-refractivity contribution in [3.05, 3.63) is 53.6 Å². The number of fused-ring (bicyclic) bond motifs is 1. The average molecular weight is 269 g/mol. The van der Waals surface area contributed by atoms with Crippen molar-refractivity contribution < 1.29 is 14.1 Å². The van der Waals surface area contributed by atoms with Crippen LogP contribution in [0.2, 0.25) is 0 Å². The Balaban J connectivity index is 1.88. The Morgan fingerprint density at radius 1 is 1.45 bits per heavy atom. The van der Waals surface area contributed by atoms with E-state index in [-0.39, 0.29) is 17.6 Å². The number of aliphatic imine (C=N–C) groups is 1. The summed E-state index contributed by atoms with van der Waals surface area (Å²) in [6.45, 7) is 1.89. The van der Waals surface area contributed by atoms with Gasteiger partial charge in [0.15, 0.2) is 0 Å². The van der Waals surface area contributed by atoms with Crippen LogP contribution in [-0.2, 0) is 4.79 Å². The van der Waals surface area contributed by atoms with Crippen molar-refractivity contribution in [2.45, 2.75) is 6.92 Å². The van der Waals surface area contributed by atoms with E-state index < -0.39 is 5.91 Å². The smallest absolute Gasteiger partial charge is 0.316 e. The van der Waals surface area contributed by atoms with Crippen LogP contribution in [0, 0.1) is 5.92 Å². The molecule has 1 aromatic rings. The minimum Gasteiger partial charge on any atom is -0.351 e. The number of rotatable bonds is 1. The molecule has 1 N–H and O–H groups in total. The zero-order valence-corrected chi connectivity index (χ0v) is 10.7. The summed E-state index contributed by atoms with van der Waals surface area (Å²) in [6, 6.07) is 1.45. The third kappa shape index (κ3) is 2.23. The second-order valence-electron chi connectivity index (χ2n) is 4.53. The molecule has 3 rings (SSSR count). The number of allylic oxidation sites excluding steroid dienone is 3. The standard InChI is InChI=1S/C14H11N3O3/c1-8-6-13(18)17-11-7-9(2-3-10(8)11)16-14(19)12-4-5-15-20-12/h2-7,10H,1H3,(H,17,18). The number of amides is 2. The molecule has 6 heteroatoms. The molecule has 1 aliphatic heterocycles. The number of nitrogens with one attached hydrogen (secondary N) is 1. The van der Waals surface area contributed by atoms with Crippen molar-refractivity contribution in [3.8, 4) is 0 Å². The molecule has 0 bridgehead atoms. The molecular weight excluding hydrogens is 258 g/mol. The summed E-state index contributed by atoms with van der Waals surface area (Å²) in [7, 11) is 0. The van der Waals surface area contributed by atoms with Crippen molar-refractivity contribution in [2.75, 3.05) is 0 Å². The van der Waals surface area contributed by atoms with Crippen molar-refractivity contribution in [3.63, 3.8) is 0 Å². The summed E-state index contributed by atoms with van der Waals surface area (Å²) < 4.78 is 4.75. The normalized spacial score (nSPS) is 22.9. The molecule has 0 saturated carbocycles. The van der Waals surface area contributed by atoms with Gasteiger partial charge in [0, 0.05) is 23.8 Å². The molecule has 1 unspecified atom stereocenters. The summed E-state index contributed by atoms with van der Waals surface area (Å²) in [4.78, 5) is 27.2. The summed E-state index contributed by atoms with van der Waals surface area (Å²) in [5, 5.41) is 6.21. The molecule has 2 aliphatic rings. The van der Waals surface area contributed by atoms with E-state index in [4.69, 9.17) is 4.52 Å². The molecule has 100 valence electrons. The number of carbonyl (C=O) groups excluding carboxylic acids is 2. The maximum atomic E-state index is 11.8. The first-order valence-corrected chi connectivity index (χ1v) is 6.06. The van der Waals surface area contributed by atoms with Gasteiger partial charge in [-0.25, -0.2) is 4.99 Å². The first kappa shape index (κ1) is 12.3. The predicted octanol–water partition coefficient (Wildman–Crippen LogP) is 1.40. The molecule has 2 amide bonds. The Bertz CT molecular complexity index is 693. The third-order valence-electron chi connectivity index (χ3n) is 3.09. The van der Waals surface area contributed by atoms with Crippen molar-refractivity contribution in [2.24, 2.45) is 10.9 Å². The Kier molecular flexibility index (Phi) is 2.90. The molecule has 1 atom stereocenters. The fourth-order valence-corrected chi connectivity index (χ4v) is 2.15. The largest absolute Gasteiger partial charge is 0.351 e. The zero-order valence-electron chi connectivity index (χ0n) is 10.7. The van der Waals surface area contributed by atoms with Crippen LogP contribution in [0.5, 0.6) is 0 Å². The van der Waals surface area contributed by atoms with Crippen molar-refractivity contribution in [1.29, 1.82) is 0 Å². The number of carbonyl (C=O) groups is 2. The van der Waals surface area contributed by atoms with Gasteiger partial charge in [-0.2, -0.15) is 0 Å².